The SMILES string of the molecule is CCCCCC=CCC=CCCCCCCCC(=O)O[C@@H](CO)COC(=O)CCCCCCCCCCCCCCCCC. The van der Waals surface area contributed by atoms with Crippen LogP contribution in [0.3, 0.4) is 0 Å². The molecule has 0 spiro atoms. The van der Waals surface area contributed by atoms with E-state index in [1.807, 2.05) is 0 Å². The number of carbonyl (C=O) groups is 2. The predicted octanol–water partition coefficient (Wildman–Crippen LogP) is 11.5. The lowest BCUT2D eigenvalue weighted by Gasteiger charge is -2.15. The van der Waals surface area contributed by atoms with Crippen LogP contribution < -0.4 is 0 Å². The lowest BCUT2D eigenvalue weighted by molar-refractivity contribution is -0.161. The molecule has 0 aliphatic carbocycles. The van der Waals surface area contributed by atoms with E-state index in [-0.39, 0.29) is 25.2 Å². The van der Waals surface area contributed by atoms with Crippen molar-refractivity contribution >= 4 is 11.9 Å². The molecular weight excluding hydrogens is 548 g/mol. The number of aliphatic hydroxyl groups is 1. The molecule has 0 heterocycles. The molecular formula is C39H72O5. The van der Waals surface area contributed by atoms with Gasteiger partial charge in [0.15, 0.2) is 6.10 Å². The topological polar surface area (TPSA) is 72.8 Å². The molecule has 0 aromatic carbocycles. The Hall–Kier alpha value is -1.62. The Bertz CT molecular complexity index is 671. The number of rotatable bonds is 34. The Kier molecular flexibility index (Phi) is 34.5. The van der Waals surface area contributed by atoms with Crippen LogP contribution in [0.1, 0.15) is 194 Å². The molecule has 0 fully saturated rings. The number of allylic oxidation sites excluding steroid dienone is 4. The van der Waals surface area contributed by atoms with Gasteiger partial charge in [0.05, 0.1) is 6.61 Å². The predicted molar refractivity (Wildman–Crippen MR) is 187 cm³/mol. The summed E-state index contributed by atoms with van der Waals surface area (Å²) in [6.07, 6.45) is 40.9. The largest absolute Gasteiger partial charge is 0.462 e. The van der Waals surface area contributed by atoms with Gasteiger partial charge in [-0.15, -0.1) is 0 Å². The number of aliphatic hydroxyl groups excluding tert-OH is 1. The van der Waals surface area contributed by atoms with E-state index in [4.69, 9.17) is 9.47 Å². The van der Waals surface area contributed by atoms with Crippen LogP contribution in [-0.4, -0.2) is 36.4 Å². The second-order valence-electron chi connectivity index (χ2n) is 12.7. The maximum Gasteiger partial charge on any atom is 0.306 e. The number of unbranched alkanes of at least 4 members (excludes halogenated alkanes) is 22. The number of hydrogen-bond donors (Lipinski definition) is 1. The molecule has 5 heteroatoms. The third kappa shape index (κ3) is 33.3. The number of carbonyl (C=O) groups excluding carboxylic acids is 2. The summed E-state index contributed by atoms with van der Waals surface area (Å²) >= 11 is 0. The summed E-state index contributed by atoms with van der Waals surface area (Å²) in [5.41, 5.74) is 0. The standard InChI is InChI=1S/C39H72O5/c1-3-5-7-9-11-13-15-17-19-21-23-25-27-29-31-33-38(41)43-36-37(35-40)44-39(42)34-32-30-28-26-24-22-20-18-16-14-12-10-8-6-4-2/h12,14,18,20,37,40H,3-11,13,15-17,19,21-36H2,1-2H3/t37-/m0/s1. The van der Waals surface area contributed by atoms with E-state index in [0.717, 1.165) is 51.4 Å². The van der Waals surface area contributed by atoms with Gasteiger partial charge in [-0.1, -0.05) is 160 Å². The maximum absolute atomic E-state index is 12.1. The van der Waals surface area contributed by atoms with Crippen molar-refractivity contribution in [1.29, 1.82) is 0 Å². The molecule has 0 unspecified atom stereocenters. The molecule has 0 amide bonds. The molecule has 0 saturated carbocycles. The van der Waals surface area contributed by atoms with Gasteiger partial charge in [-0.05, 0) is 44.9 Å². The first-order valence-electron chi connectivity index (χ1n) is 18.9. The molecule has 0 aliphatic heterocycles. The normalized spacial score (nSPS) is 12.3. The van der Waals surface area contributed by atoms with E-state index < -0.39 is 6.10 Å². The minimum atomic E-state index is -0.773. The second-order valence-corrected chi connectivity index (χ2v) is 12.7. The summed E-state index contributed by atoms with van der Waals surface area (Å²) in [4.78, 5) is 24.2. The summed E-state index contributed by atoms with van der Waals surface area (Å²) in [6, 6.07) is 0. The van der Waals surface area contributed by atoms with Crippen LogP contribution in [0, 0.1) is 0 Å². The highest BCUT2D eigenvalue weighted by Gasteiger charge is 2.16. The van der Waals surface area contributed by atoms with Crippen molar-refractivity contribution in [1.82, 2.24) is 0 Å². The lowest BCUT2D eigenvalue weighted by atomic mass is 10.0. The molecule has 44 heavy (non-hydrogen) atoms. The van der Waals surface area contributed by atoms with Crippen molar-refractivity contribution in [3.8, 4) is 0 Å². The fourth-order valence-electron chi connectivity index (χ4n) is 5.35. The minimum Gasteiger partial charge on any atom is -0.462 e. The summed E-state index contributed by atoms with van der Waals surface area (Å²) in [7, 11) is 0. The number of esters is 2. The average molecular weight is 621 g/mol. The zero-order chi connectivity index (χ0) is 32.2. The Morgan fingerprint density at radius 2 is 0.909 bits per heavy atom. The molecule has 1 N–H and O–H groups in total. The van der Waals surface area contributed by atoms with Crippen LogP contribution in [0.15, 0.2) is 24.3 Å². The Labute approximate surface area is 273 Å². The third-order valence-electron chi connectivity index (χ3n) is 8.25. The second kappa shape index (κ2) is 35.9. The minimum absolute atomic E-state index is 0.0675. The van der Waals surface area contributed by atoms with Gasteiger partial charge in [0.2, 0.25) is 0 Å². The van der Waals surface area contributed by atoms with E-state index in [0.29, 0.717) is 12.8 Å². The molecule has 0 bridgehead atoms. The van der Waals surface area contributed by atoms with Crippen molar-refractivity contribution in [2.75, 3.05) is 13.2 Å². The van der Waals surface area contributed by atoms with Crippen molar-refractivity contribution in [3.63, 3.8) is 0 Å². The zero-order valence-corrected chi connectivity index (χ0v) is 29.2. The molecule has 1 atom stereocenters. The van der Waals surface area contributed by atoms with Gasteiger partial charge in [0, 0.05) is 12.8 Å². The van der Waals surface area contributed by atoms with Crippen molar-refractivity contribution in [2.24, 2.45) is 0 Å². The summed E-state index contributed by atoms with van der Waals surface area (Å²) < 4.78 is 10.6. The third-order valence-corrected chi connectivity index (χ3v) is 8.25. The van der Waals surface area contributed by atoms with Gasteiger partial charge in [-0.3, -0.25) is 9.59 Å². The highest BCUT2D eigenvalue weighted by molar-refractivity contribution is 5.70. The van der Waals surface area contributed by atoms with Crippen LogP contribution in [0.2, 0.25) is 0 Å². The molecule has 0 aliphatic rings. The van der Waals surface area contributed by atoms with Crippen molar-refractivity contribution < 1.29 is 24.2 Å². The Morgan fingerprint density at radius 3 is 1.39 bits per heavy atom. The average Bonchev–Trinajstić information content (AvgIpc) is 3.02. The van der Waals surface area contributed by atoms with E-state index >= 15 is 0 Å². The molecule has 258 valence electrons. The molecule has 0 radical (unpaired) electrons. The van der Waals surface area contributed by atoms with Crippen LogP contribution in [0.4, 0.5) is 0 Å². The van der Waals surface area contributed by atoms with Gasteiger partial charge >= 0.3 is 11.9 Å². The quantitative estimate of drug-likeness (QED) is 0.0440. The molecule has 0 aromatic rings. The summed E-state index contributed by atoms with van der Waals surface area (Å²) in [5, 5.41) is 9.53. The van der Waals surface area contributed by atoms with Crippen molar-refractivity contribution in [2.45, 2.75) is 200 Å². The van der Waals surface area contributed by atoms with Crippen LogP contribution in [0.5, 0.6) is 0 Å². The monoisotopic (exact) mass is 621 g/mol. The lowest BCUT2D eigenvalue weighted by Crippen LogP contribution is -2.28. The maximum atomic E-state index is 12.1. The van der Waals surface area contributed by atoms with E-state index in [2.05, 4.69) is 38.2 Å². The van der Waals surface area contributed by atoms with Gasteiger partial charge in [0.25, 0.3) is 0 Å². The Morgan fingerprint density at radius 1 is 0.523 bits per heavy atom. The summed E-state index contributed by atoms with van der Waals surface area (Å²) in [5.74, 6) is -0.601. The van der Waals surface area contributed by atoms with Gasteiger partial charge < -0.3 is 14.6 Å². The first-order chi connectivity index (χ1) is 21.6. The molecule has 0 rings (SSSR count). The van der Waals surface area contributed by atoms with Gasteiger partial charge in [-0.25, -0.2) is 0 Å². The highest BCUT2D eigenvalue weighted by atomic mass is 16.6. The molecule has 0 saturated heterocycles. The summed E-state index contributed by atoms with van der Waals surface area (Å²) in [6.45, 7) is 4.10. The van der Waals surface area contributed by atoms with Crippen LogP contribution in [0.25, 0.3) is 0 Å². The molecule has 5 nitrogen and oxygen atoms in total. The van der Waals surface area contributed by atoms with Gasteiger partial charge in [-0.2, -0.15) is 0 Å². The van der Waals surface area contributed by atoms with Gasteiger partial charge in [0.1, 0.15) is 6.61 Å². The fraction of sp³-hybridized carbons (Fsp3) is 0.846. The highest BCUT2D eigenvalue weighted by Crippen LogP contribution is 2.14. The first-order valence-corrected chi connectivity index (χ1v) is 18.9. The fourth-order valence-corrected chi connectivity index (χ4v) is 5.35. The van der Waals surface area contributed by atoms with Crippen molar-refractivity contribution in [3.05, 3.63) is 24.3 Å². The van der Waals surface area contributed by atoms with E-state index in [1.54, 1.807) is 0 Å². The Balaban J connectivity index is 3.56. The smallest absolute Gasteiger partial charge is 0.306 e. The molecule has 0 aromatic heterocycles. The van der Waals surface area contributed by atoms with E-state index in [1.165, 1.54) is 116 Å². The van der Waals surface area contributed by atoms with Crippen LogP contribution >= 0.6 is 0 Å². The van der Waals surface area contributed by atoms with E-state index in [9.17, 15) is 14.7 Å². The van der Waals surface area contributed by atoms with Crippen LogP contribution in [-0.2, 0) is 19.1 Å². The first kappa shape index (κ1) is 42.4. The number of hydrogen-bond acceptors (Lipinski definition) is 5. The zero-order valence-electron chi connectivity index (χ0n) is 29.2. The number of ether oxygens (including phenoxy) is 2.